The van der Waals surface area contributed by atoms with E-state index < -0.39 is 11.9 Å². The molecule has 7 heteroatoms. The molecule has 2 N–H and O–H groups in total. The van der Waals surface area contributed by atoms with E-state index in [1.54, 1.807) is 12.1 Å². The van der Waals surface area contributed by atoms with Crippen molar-refractivity contribution < 1.29 is 23.9 Å². The van der Waals surface area contributed by atoms with E-state index >= 15 is 0 Å². The van der Waals surface area contributed by atoms with Crippen molar-refractivity contribution in [2.45, 2.75) is 39.2 Å². The normalized spacial score (nSPS) is 20.8. The molecule has 31 heavy (non-hydrogen) atoms. The molecule has 0 radical (unpaired) electrons. The van der Waals surface area contributed by atoms with Crippen molar-refractivity contribution in [2.75, 3.05) is 10.6 Å². The first kappa shape index (κ1) is 20.7. The van der Waals surface area contributed by atoms with E-state index in [0.29, 0.717) is 11.5 Å². The van der Waals surface area contributed by atoms with Gasteiger partial charge >= 0.3 is 11.9 Å². The summed E-state index contributed by atoms with van der Waals surface area (Å²) in [6.45, 7) is 4.15. The number of anilines is 2. The van der Waals surface area contributed by atoms with Crippen LogP contribution in [-0.4, -0.2) is 17.8 Å². The Labute approximate surface area is 180 Å². The van der Waals surface area contributed by atoms with Gasteiger partial charge in [-0.1, -0.05) is 12.2 Å². The Morgan fingerprint density at radius 2 is 1.74 bits per heavy atom. The second kappa shape index (κ2) is 8.26. The minimum absolute atomic E-state index is 0.111. The largest absolute Gasteiger partial charge is 0.427 e. The second-order valence-corrected chi connectivity index (χ2v) is 7.85. The Hall–Kier alpha value is -3.61. The van der Waals surface area contributed by atoms with Gasteiger partial charge in [0.25, 0.3) is 0 Å². The number of hydrogen-bond donors (Lipinski definition) is 2. The third-order valence-corrected chi connectivity index (χ3v) is 5.52. The molecule has 1 aliphatic carbocycles. The first-order chi connectivity index (χ1) is 14.8. The molecule has 0 spiro atoms. The molecule has 0 saturated heterocycles. The van der Waals surface area contributed by atoms with Gasteiger partial charge in [0.05, 0.1) is 6.04 Å². The molecule has 3 atom stereocenters. The summed E-state index contributed by atoms with van der Waals surface area (Å²) in [6, 6.07) is 10.8. The molecule has 2 aromatic carbocycles. The third-order valence-electron chi connectivity index (χ3n) is 5.52. The molecule has 3 unspecified atom stereocenters. The molecule has 2 aliphatic rings. The number of carbonyl (C=O) groups excluding carboxylic acids is 3. The number of nitrogens with one attached hydrogen (secondary N) is 2. The first-order valence-electron chi connectivity index (χ1n) is 10.2. The summed E-state index contributed by atoms with van der Waals surface area (Å²) in [7, 11) is 0. The summed E-state index contributed by atoms with van der Waals surface area (Å²) in [5, 5.41) is 6.43. The number of carbonyl (C=O) groups is 3. The Morgan fingerprint density at radius 1 is 0.968 bits per heavy atom. The van der Waals surface area contributed by atoms with E-state index in [-0.39, 0.29) is 23.8 Å². The highest BCUT2D eigenvalue weighted by Crippen LogP contribution is 2.52. The highest BCUT2D eigenvalue weighted by atomic mass is 16.5. The lowest BCUT2D eigenvalue weighted by Crippen LogP contribution is -2.29. The predicted molar refractivity (Wildman–Crippen MR) is 116 cm³/mol. The van der Waals surface area contributed by atoms with Crippen LogP contribution in [0.25, 0.3) is 0 Å². The molecule has 1 aliphatic heterocycles. The van der Waals surface area contributed by atoms with Crippen LogP contribution < -0.4 is 20.1 Å². The van der Waals surface area contributed by atoms with Crippen molar-refractivity contribution in [1.82, 2.24) is 0 Å². The fraction of sp³-hybridized carbons (Fsp3) is 0.292. The zero-order valence-electron chi connectivity index (χ0n) is 17.6. The van der Waals surface area contributed by atoms with Crippen molar-refractivity contribution in [3.8, 4) is 11.5 Å². The maximum atomic E-state index is 11.7. The van der Waals surface area contributed by atoms with Gasteiger partial charge in [-0.25, -0.2) is 0 Å². The van der Waals surface area contributed by atoms with Gasteiger partial charge in [0, 0.05) is 49.7 Å². The summed E-state index contributed by atoms with van der Waals surface area (Å²) in [5.41, 5.74) is 3.66. The lowest BCUT2D eigenvalue weighted by molar-refractivity contribution is -0.132. The first-order valence-corrected chi connectivity index (χ1v) is 10.2. The number of benzene rings is 2. The maximum absolute atomic E-state index is 11.7. The molecule has 1 amide bonds. The van der Waals surface area contributed by atoms with E-state index in [1.807, 2.05) is 24.3 Å². The van der Waals surface area contributed by atoms with Crippen LogP contribution in [0.2, 0.25) is 0 Å². The highest BCUT2D eigenvalue weighted by Gasteiger charge is 2.39. The molecular weight excluding hydrogens is 396 g/mol. The molecule has 7 nitrogen and oxygen atoms in total. The summed E-state index contributed by atoms with van der Waals surface area (Å²) in [4.78, 5) is 34.5. The van der Waals surface area contributed by atoms with Crippen molar-refractivity contribution >= 4 is 29.2 Å². The van der Waals surface area contributed by atoms with Gasteiger partial charge < -0.3 is 20.1 Å². The minimum Gasteiger partial charge on any atom is -0.427 e. The van der Waals surface area contributed by atoms with Crippen LogP contribution in [0.1, 0.15) is 50.3 Å². The van der Waals surface area contributed by atoms with Crippen LogP contribution in [0.15, 0.2) is 48.6 Å². The Kier molecular flexibility index (Phi) is 5.50. The van der Waals surface area contributed by atoms with E-state index in [9.17, 15) is 14.4 Å². The molecule has 0 fully saturated rings. The van der Waals surface area contributed by atoms with Gasteiger partial charge in [-0.05, 0) is 48.2 Å². The average Bonchev–Trinajstić information content (AvgIpc) is 3.17. The smallest absolute Gasteiger partial charge is 0.308 e. The minimum atomic E-state index is -0.446. The van der Waals surface area contributed by atoms with Gasteiger partial charge in [0.2, 0.25) is 5.91 Å². The summed E-state index contributed by atoms with van der Waals surface area (Å²) in [5.74, 6) is 0.0541. The number of ether oxygens (including phenoxy) is 2. The molecule has 1 heterocycles. The summed E-state index contributed by atoms with van der Waals surface area (Å²) in [6.07, 6.45) is 5.20. The highest BCUT2D eigenvalue weighted by molar-refractivity contribution is 5.89. The van der Waals surface area contributed by atoms with Gasteiger partial charge in [-0.2, -0.15) is 0 Å². The quantitative estimate of drug-likeness (QED) is 0.435. The van der Waals surface area contributed by atoms with E-state index in [4.69, 9.17) is 9.47 Å². The Balaban J connectivity index is 1.73. The zero-order chi connectivity index (χ0) is 22.1. The van der Waals surface area contributed by atoms with E-state index in [1.165, 1.54) is 20.8 Å². The van der Waals surface area contributed by atoms with Gasteiger partial charge in [-0.3, -0.25) is 14.4 Å². The van der Waals surface area contributed by atoms with Crippen molar-refractivity contribution in [1.29, 1.82) is 0 Å². The van der Waals surface area contributed by atoms with Gasteiger partial charge in [0.1, 0.15) is 11.5 Å². The fourth-order valence-corrected chi connectivity index (χ4v) is 4.43. The van der Waals surface area contributed by atoms with Crippen LogP contribution in [0.4, 0.5) is 11.4 Å². The zero-order valence-corrected chi connectivity index (χ0v) is 17.6. The topological polar surface area (TPSA) is 93.7 Å². The molecule has 0 saturated carbocycles. The van der Waals surface area contributed by atoms with Crippen molar-refractivity contribution in [3.63, 3.8) is 0 Å². The van der Waals surface area contributed by atoms with Crippen molar-refractivity contribution in [2.24, 2.45) is 5.92 Å². The molecule has 2 aromatic rings. The lowest BCUT2D eigenvalue weighted by atomic mass is 9.76. The van der Waals surface area contributed by atoms with Crippen molar-refractivity contribution in [3.05, 3.63) is 59.7 Å². The molecule has 4 rings (SSSR count). The maximum Gasteiger partial charge on any atom is 0.308 e. The van der Waals surface area contributed by atoms with Crippen LogP contribution >= 0.6 is 0 Å². The molecule has 0 aromatic heterocycles. The number of allylic oxidation sites excluding steroid dienone is 2. The summed E-state index contributed by atoms with van der Waals surface area (Å²) < 4.78 is 10.7. The van der Waals surface area contributed by atoms with Crippen LogP contribution in [0.3, 0.4) is 0 Å². The van der Waals surface area contributed by atoms with Crippen LogP contribution in [-0.2, 0) is 14.4 Å². The lowest BCUT2D eigenvalue weighted by Gasteiger charge is -2.38. The molecular formula is C24H24N2O5. The fourth-order valence-electron chi connectivity index (χ4n) is 4.43. The third kappa shape index (κ3) is 4.30. The predicted octanol–water partition coefficient (Wildman–Crippen LogP) is 4.32. The second-order valence-electron chi connectivity index (χ2n) is 7.85. The van der Waals surface area contributed by atoms with E-state index in [2.05, 4.69) is 22.8 Å². The van der Waals surface area contributed by atoms with Gasteiger partial charge in [0.15, 0.2) is 0 Å². The SMILES string of the molecule is CC(=O)Nc1ccc2c(c1)C1C=CCC1C(c1ccc(OC(C)=O)cc1OC(C)=O)N2. The molecule has 0 bridgehead atoms. The van der Waals surface area contributed by atoms with Gasteiger partial charge in [-0.15, -0.1) is 0 Å². The van der Waals surface area contributed by atoms with E-state index in [0.717, 1.165) is 28.9 Å². The number of rotatable bonds is 4. The molecule has 160 valence electrons. The Morgan fingerprint density at radius 3 is 2.45 bits per heavy atom. The monoisotopic (exact) mass is 420 g/mol. The van der Waals surface area contributed by atoms with Crippen LogP contribution in [0.5, 0.6) is 11.5 Å². The average molecular weight is 420 g/mol. The number of hydrogen-bond acceptors (Lipinski definition) is 6. The Bertz CT molecular complexity index is 1090. The summed E-state index contributed by atoms with van der Waals surface area (Å²) >= 11 is 0. The number of esters is 2. The number of amides is 1. The number of fused-ring (bicyclic) bond motifs is 3. The van der Waals surface area contributed by atoms with Crippen LogP contribution in [0, 0.1) is 5.92 Å². The standard InChI is InChI=1S/C24H24N2O5/c1-13(27)25-16-7-10-22-21(11-16)18-5-4-6-19(18)24(26-22)20-9-8-17(30-14(2)28)12-23(20)31-15(3)29/h4-5,7-12,18-19,24,26H,6H2,1-3H3,(H,25,27).